The summed E-state index contributed by atoms with van der Waals surface area (Å²) >= 11 is 0. The molecular formula is C19H30ClN3O3. The lowest BCUT2D eigenvalue weighted by Crippen LogP contribution is -2.54. The van der Waals surface area contributed by atoms with Gasteiger partial charge in [-0.1, -0.05) is 13.8 Å². The predicted molar refractivity (Wildman–Crippen MR) is 106 cm³/mol. The van der Waals surface area contributed by atoms with Crippen LogP contribution in [0.15, 0.2) is 24.3 Å². The van der Waals surface area contributed by atoms with Gasteiger partial charge < -0.3 is 20.7 Å². The Morgan fingerprint density at radius 3 is 2.15 bits per heavy atom. The second kappa shape index (κ2) is 10.5. The van der Waals surface area contributed by atoms with E-state index < -0.39 is 5.54 Å². The second-order valence-electron chi connectivity index (χ2n) is 6.59. The molecule has 2 amide bonds. The van der Waals surface area contributed by atoms with Crippen LogP contribution in [0, 0.1) is 0 Å². The molecule has 3 N–H and O–H groups in total. The molecule has 0 radical (unpaired) electrons. The molecule has 2 rings (SSSR count). The minimum Gasteiger partial charge on any atom is -0.381 e. The molecular weight excluding hydrogens is 354 g/mol. The number of amides is 2. The summed E-state index contributed by atoms with van der Waals surface area (Å²) < 4.78 is 5.27. The predicted octanol–water partition coefficient (Wildman–Crippen LogP) is 2.82. The maximum atomic E-state index is 12.6. The highest BCUT2D eigenvalue weighted by atomic mass is 35.5. The fraction of sp³-hybridized carbons (Fsp3) is 0.579. The van der Waals surface area contributed by atoms with Gasteiger partial charge in [-0.3, -0.25) is 9.59 Å². The summed E-state index contributed by atoms with van der Waals surface area (Å²) in [5, 5.41) is 2.85. The Bertz CT molecular complexity index is 580. The van der Waals surface area contributed by atoms with E-state index in [2.05, 4.69) is 19.2 Å². The van der Waals surface area contributed by atoms with Crippen LogP contribution in [-0.2, 0) is 9.53 Å². The number of hydrogen-bond donors (Lipinski definition) is 2. The summed E-state index contributed by atoms with van der Waals surface area (Å²) in [5.74, 6) is -0.172. The monoisotopic (exact) mass is 383 g/mol. The van der Waals surface area contributed by atoms with Crippen LogP contribution in [0.2, 0.25) is 0 Å². The number of carbonyl (C=O) groups excluding carboxylic acids is 2. The third-order valence-corrected chi connectivity index (χ3v) is 4.50. The van der Waals surface area contributed by atoms with E-state index in [1.165, 1.54) is 0 Å². The quantitative estimate of drug-likeness (QED) is 0.758. The fourth-order valence-corrected chi connectivity index (χ4v) is 2.95. The lowest BCUT2D eigenvalue weighted by atomic mass is 9.90. The van der Waals surface area contributed by atoms with Crippen LogP contribution >= 0.6 is 12.4 Å². The Labute approximate surface area is 161 Å². The molecule has 0 spiro atoms. The highest BCUT2D eigenvalue weighted by molar-refractivity contribution is 5.99. The average molecular weight is 384 g/mol. The van der Waals surface area contributed by atoms with E-state index in [-0.39, 0.29) is 24.2 Å². The molecule has 1 fully saturated rings. The minimum absolute atomic E-state index is 0. The first-order valence-electron chi connectivity index (χ1n) is 9.07. The minimum atomic E-state index is -0.883. The maximum Gasteiger partial charge on any atom is 0.253 e. The standard InChI is InChI=1S/C19H29N3O3.ClH/c1-3-11-22(12-4-2)17(23)15-5-7-16(8-6-15)21-18(24)19(20)9-13-25-14-10-19;/h5-8H,3-4,9-14,20H2,1-2H3,(H,21,24);1H. The Morgan fingerprint density at radius 2 is 1.65 bits per heavy atom. The number of carbonyl (C=O) groups is 2. The van der Waals surface area contributed by atoms with Crippen LogP contribution < -0.4 is 11.1 Å². The molecule has 0 aromatic heterocycles. The molecule has 7 heteroatoms. The lowest BCUT2D eigenvalue weighted by Gasteiger charge is -2.31. The molecule has 0 bridgehead atoms. The van der Waals surface area contributed by atoms with Gasteiger partial charge in [0.2, 0.25) is 5.91 Å². The van der Waals surface area contributed by atoms with Gasteiger partial charge in [0.15, 0.2) is 0 Å². The van der Waals surface area contributed by atoms with Crippen molar-refractivity contribution in [1.29, 1.82) is 0 Å². The third kappa shape index (κ3) is 5.69. The molecule has 1 aromatic rings. The molecule has 1 heterocycles. The molecule has 26 heavy (non-hydrogen) atoms. The smallest absolute Gasteiger partial charge is 0.253 e. The topological polar surface area (TPSA) is 84.7 Å². The van der Waals surface area contributed by atoms with Crippen molar-refractivity contribution in [2.75, 3.05) is 31.6 Å². The number of nitrogens with one attached hydrogen (secondary N) is 1. The summed E-state index contributed by atoms with van der Waals surface area (Å²) in [6, 6.07) is 7.01. The van der Waals surface area contributed by atoms with Gasteiger partial charge in [-0.25, -0.2) is 0 Å². The van der Waals surface area contributed by atoms with E-state index in [0.29, 0.717) is 37.3 Å². The zero-order chi connectivity index (χ0) is 18.3. The molecule has 1 saturated heterocycles. The Hall–Kier alpha value is -1.63. The van der Waals surface area contributed by atoms with Crippen LogP contribution in [-0.4, -0.2) is 48.6 Å². The largest absolute Gasteiger partial charge is 0.381 e. The SMILES string of the molecule is CCCN(CCC)C(=O)c1ccc(NC(=O)C2(N)CCOCC2)cc1.Cl. The maximum absolute atomic E-state index is 12.6. The lowest BCUT2D eigenvalue weighted by molar-refractivity contribution is -0.124. The van der Waals surface area contributed by atoms with Gasteiger partial charge in [0.1, 0.15) is 5.54 Å². The van der Waals surface area contributed by atoms with Crippen molar-refractivity contribution in [3.63, 3.8) is 0 Å². The Kier molecular flexibility index (Phi) is 9.05. The van der Waals surface area contributed by atoms with Gasteiger partial charge in [-0.05, 0) is 49.9 Å². The van der Waals surface area contributed by atoms with Crippen molar-refractivity contribution in [1.82, 2.24) is 4.90 Å². The number of benzene rings is 1. The first kappa shape index (κ1) is 22.4. The number of ether oxygens (including phenoxy) is 1. The molecule has 0 unspecified atom stereocenters. The number of anilines is 1. The van der Waals surface area contributed by atoms with Gasteiger partial charge in [0, 0.05) is 37.6 Å². The molecule has 0 saturated carbocycles. The molecule has 0 atom stereocenters. The Morgan fingerprint density at radius 1 is 1.12 bits per heavy atom. The van der Waals surface area contributed by atoms with Gasteiger partial charge >= 0.3 is 0 Å². The van der Waals surface area contributed by atoms with Crippen LogP contribution in [0.25, 0.3) is 0 Å². The molecule has 0 aliphatic carbocycles. The molecule has 1 aliphatic heterocycles. The zero-order valence-electron chi connectivity index (χ0n) is 15.6. The van der Waals surface area contributed by atoms with E-state index >= 15 is 0 Å². The summed E-state index contributed by atoms with van der Waals surface area (Å²) in [7, 11) is 0. The third-order valence-electron chi connectivity index (χ3n) is 4.50. The van der Waals surface area contributed by atoms with Crippen LogP contribution in [0.5, 0.6) is 0 Å². The summed E-state index contributed by atoms with van der Waals surface area (Å²) in [4.78, 5) is 26.8. The van der Waals surface area contributed by atoms with Crippen LogP contribution in [0.1, 0.15) is 49.9 Å². The van der Waals surface area contributed by atoms with Crippen LogP contribution in [0.3, 0.4) is 0 Å². The molecule has 1 aliphatic rings. The van der Waals surface area contributed by atoms with Crippen molar-refractivity contribution in [3.8, 4) is 0 Å². The van der Waals surface area contributed by atoms with E-state index in [1.807, 2.05) is 4.90 Å². The number of hydrogen-bond acceptors (Lipinski definition) is 4. The summed E-state index contributed by atoms with van der Waals surface area (Å²) in [6.45, 7) is 6.64. The highest BCUT2D eigenvalue weighted by Gasteiger charge is 2.35. The number of nitrogens with zero attached hydrogens (tertiary/aromatic N) is 1. The van der Waals surface area contributed by atoms with Crippen molar-refractivity contribution >= 4 is 29.9 Å². The van der Waals surface area contributed by atoms with Gasteiger partial charge in [-0.15, -0.1) is 12.4 Å². The number of rotatable bonds is 7. The van der Waals surface area contributed by atoms with E-state index in [9.17, 15) is 9.59 Å². The Balaban J connectivity index is 0.00000338. The molecule has 1 aromatic carbocycles. The number of halogens is 1. The van der Waals surface area contributed by atoms with E-state index in [1.54, 1.807) is 24.3 Å². The average Bonchev–Trinajstić information content (AvgIpc) is 2.62. The van der Waals surface area contributed by atoms with Crippen LogP contribution in [0.4, 0.5) is 5.69 Å². The molecule has 6 nitrogen and oxygen atoms in total. The number of nitrogens with two attached hydrogens (primary N) is 1. The summed E-state index contributed by atoms with van der Waals surface area (Å²) in [6.07, 6.45) is 2.89. The molecule has 146 valence electrons. The van der Waals surface area contributed by atoms with Gasteiger partial charge in [0.05, 0.1) is 0 Å². The van der Waals surface area contributed by atoms with Crippen molar-refractivity contribution < 1.29 is 14.3 Å². The van der Waals surface area contributed by atoms with Gasteiger partial charge in [0.25, 0.3) is 5.91 Å². The normalized spacial score (nSPS) is 15.7. The van der Waals surface area contributed by atoms with E-state index in [0.717, 1.165) is 25.9 Å². The second-order valence-corrected chi connectivity index (χ2v) is 6.59. The van der Waals surface area contributed by atoms with Crippen molar-refractivity contribution in [2.24, 2.45) is 5.73 Å². The first-order valence-corrected chi connectivity index (χ1v) is 9.07. The van der Waals surface area contributed by atoms with E-state index in [4.69, 9.17) is 10.5 Å². The highest BCUT2D eigenvalue weighted by Crippen LogP contribution is 2.20. The van der Waals surface area contributed by atoms with Crippen molar-refractivity contribution in [3.05, 3.63) is 29.8 Å². The fourth-order valence-electron chi connectivity index (χ4n) is 2.95. The zero-order valence-corrected chi connectivity index (χ0v) is 16.4. The van der Waals surface area contributed by atoms with Gasteiger partial charge in [-0.2, -0.15) is 0 Å². The first-order chi connectivity index (χ1) is 12.0. The van der Waals surface area contributed by atoms with Crippen molar-refractivity contribution in [2.45, 2.75) is 45.1 Å². The summed E-state index contributed by atoms with van der Waals surface area (Å²) in [5.41, 5.74) is 6.58.